The molecule has 29 heavy (non-hydrogen) atoms. The fourth-order valence-corrected chi connectivity index (χ4v) is 3.40. The van der Waals surface area contributed by atoms with E-state index in [4.69, 9.17) is 5.73 Å². The maximum Gasteiger partial charge on any atom is 0.319 e. The fraction of sp³-hybridized carbons (Fsp3) is 0.364. The molecule has 0 spiro atoms. The van der Waals surface area contributed by atoms with Gasteiger partial charge in [0.15, 0.2) is 0 Å². The summed E-state index contributed by atoms with van der Waals surface area (Å²) in [4.78, 5) is 27.2. The molecule has 0 unspecified atom stereocenters. The molecule has 1 heterocycles. The molecule has 0 saturated heterocycles. The van der Waals surface area contributed by atoms with Crippen LogP contribution in [0.2, 0.25) is 0 Å². The minimum atomic E-state index is -0.344. The largest absolute Gasteiger partial charge is 0.398 e. The molecule has 0 aliphatic carbocycles. The van der Waals surface area contributed by atoms with Gasteiger partial charge in [-0.2, -0.15) is 0 Å². The van der Waals surface area contributed by atoms with Crippen molar-refractivity contribution in [2.24, 2.45) is 0 Å². The van der Waals surface area contributed by atoms with Crippen LogP contribution in [0.15, 0.2) is 36.4 Å². The van der Waals surface area contributed by atoms with Crippen molar-refractivity contribution in [3.05, 3.63) is 53.1 Å². The maximum absolute atomic E-state index is 13.2. The summed E-state index contributed by atoms with van der Waals surface area (Å²) in [6.07, 6.45) is 1.75. The molecule has 7 heteroatoms. The summed E-state index contributed by atoms with van der Waals surface area (Å²) in [6, 6.07) is 10.8. The Kier molecular flexibility index (Phi) is 6.80. The molecule has 2 aromatic rings. The highest BCUT2D eigenvalue weighted by atomic mass is 35.5. The zero-order valence-corrected chi connectivity index (χ0v) is 18.2. The normalized spacial score (nSPS) is 13.2. The summed E-state index contributed by atoms with van der Waals surface area (Å²) in [5.41, 5.74) is 10.4. The van der Waals surface area contributed by atoms with Crippen LogP contribution in [-0.2, 0) is 6.42 Å². The standard InChI is InChI=1S/C22H28N4O2.ClH/c1-14-10-11-15(13-18(14)24-21(28)25-22(2,3)4)20(27)26-12-6-7-16-17(23)8-5-9-19(16)26;/h5,8-11,13H,6-7,12,23H2,1-4H3,(H2,24,25,28);1H. The van der Waals surface area contributed by atoms with E-state index in [9.17, 15) is 9.59 Å². The third kappa shape index (κ3) is 5.21. The van der Waals surface area contributed by atoms with Gasteiger partial charge in [0.05, 0.1) is 0 Å². The minimum Gasteiger partial charge on any atom is -0.398 e. The van der Waals surface area contributed by atoms with Gasteiger partial charge < -0.3 is 21.3 Å². The van der Waals surface area contributed by atoms with E-state index in [1.54, 1.807) is 17.0 Å². The number of nitrogens with two attached hydrogens (primary N) is 1. The number of benzene rings is 2. The minimum absolute atomic E-state index is 0. The first-order valence-electron chi connectivity index (χ1n) is 9.55. The number of anilines is 3. The number of fused-ring (bicyclic) bond motifs is 1. The van der Waals surface area contributed by atoms with Gasteiger partial charge in [-0.1, -0.05) is 12.1 Å². The lowest BCUT2D eigenvalue weighted by molar-refractivity contribution is 0.0985. The molecule has 156 valence electrons. The van der Waals surface area contributed by atoms with Crippen LogP contribution in [-0.4, -0.2) is 24.0 Å². The van der Waals surface area contributed by atoms with Crippen LogP contribution in [0.5, 0.6) is 0 Å². The molecule has 1 aliphatic heterocycles. The van der Waals surface area contributed by atoms with Crippen molar-refractivity contribution < 1.29 is 9.59 Å². The Balaban J connectivity index is 0.00000300. The molecule has 2 aromatic carbocycles. The number of nitrogen functional groups attached to an aromatic ring is 1. The number of rotatable bonds is 2. The van der Waals surface area contributed by atoms with Gasteiger partial charge in [0.25, 0.3) is 5.91 Å². The Morgan fingerprint density at radius 1 is 1.14 bits per heavy atom. The molecule has 0 aromatic heterocycles. The van der Waals surface area contributed by atoms with E-state index in [0.717, 1.165) is 35.3 Å². The molecule has 0 radical (unpaired) electrons. The summed E-state index contributed by atoms with van der Waals surface area (Å²) < 4.78 is 0. The highest BCUT2D eigenvalue weighted by Crippen LogP contribution is 2.32. The van der Waals surface area contributed by atoms with E-state index in [1.165, 1.54) is 0 Å². The molecular formula is C22H29ClN4O2. The summed E-state index contributed by atoms with van der Waals surface area (Å²) in [6.45, 7) is 8.30. The fourth-order valence-electron chi connectivity index (χ4n) is 3.40. The number of hydrogen-bond acceptors (Lipinski definition) is 3. The lowest BCUT2D eigenvalue weighted by Gasteiger charge is -2.30. The van der Waals surface area contributed by atoms with Gasteiger partial charge >= 0.3 is 6.03 Å². The average molecular weight is 417 g/mol. The number of urea groups is 1. The SMILES string of the molecule is Cc1ccc(C(=O)N2CCCc3c(N)cccc32)cc1NC(=O)NC(C)(C)C.Cl. The predicted octanol–water partition coefficient (Wildman–Crippen LogP) is 4.51. The van der Waals surface area contributed by atoms with Crippen molar-refractivity contribution in [3.8, 4) is 0 Å². The summed E-state index contributed by atoms with van der Waals surface area (Å²) in [7, 11) is 0. The number of amides is 3. The van der Waals surface area contributed by atoms with E-state index in [1.807, 2.05) is 52.0 Å². The van der Waals surface area contributed by atoms with E-state index < -0.39 is 0 Å². The Hall–Kier alpha value is -2.73. The second kappa shape index (κ2) is 8.74. The van der Waals surface area contributed by atoms with Crippen molar-refractivity contribution in [3.63, 3.8) is 0 Å². The number of carbonyl (C=O) groups is 2. The molecule has 1 aliphatic rings. The number of halogens is 1. The number of hydrogen-bond donors (Lipinski definition) is 3. The first-order valence-corrected chi connectivity index (χ1v) is 9.55. The quantitative estimate of drug-likeness (QED) is 0.629. The van der Waals surface area contributed by atoms with Crippen molar-refractivity contribution in [2.75, 3.05) is 22.5 Å². The van der Waals surface area contributed by atoms with Gasteiger partial charge in [-0.25, -0.2) is 4.79 Å². The van der Waals surface area contributed by atoms with E-state index in [2.05, 4.69) is 10.6 Å². The average Bonchev–Trinajstić information content (AvgIpc) is 2.61. The number of carbonyl (C=O) groups excluding carboxylic acids is 2. The number of nitrogens with zero attached hydrogens (tertiary/aromatic N) is 1. The Bertz CT molecular complexity index is 922. The van der Waals surface area contributed by atoms with Crippen LogP contribution in [0.25, 0.3) is 0 Å². The van der Waals surface area contributed by atoms with Gasteiger partial charge in [0.2, 0.25) is 0 Å². The number of nitrogens with one attached hydrogen (secondary N) is 2. The van der Waals surface area contributed by atoms with Crippen molar-refractivity contribution in [2.45, 2.75) is 46.1 Å². The van der Waals surface area contributed by atoms with Gasteiger partial charge in [-0.15, -0.1) is 12.4 Å². The van der Waals surface area contributed by atoms with Crippen molar-refractivity contribution >= 4 is 41.4 Å². The van der Waals surface area contributed by atoms with Crippen LogP contribution in [0.4, 0.5) is 21.9 Å². The van der Waals surface area contributed by atoms with E-state index >= 15 is 0 Å². The summed E-state index contributed by atoms with van der Waals surface area (Å²) in [5.74, 6) is -0.0918. The molecule has 0 fully saturated rings. The van der Waals surface area contributed by atoms with E-state index in [-0.39, 0.29) is 29.9 Å². The topological polar surface area (TPSA) is 87.5 Å². The zero-order valence-electron chi connectivity index (χ0n) is 17.3. The molecule has 6 nitrogen and oxygen atoms in total. The Labute approximate surface area is 178 Å². The molecule has 3 amide bonds. The third-order valence-electron chi connectivity index (χ3n) is 4.75. The van der Waals surface area contributed by atoms with Gasteiger partial charge in [0, 0.05) is 34.7 Å². The zero-order chi connectivity index (χ0) is 20.5. The van der Waals surface area contributed by atoms with E-state index in [0.29, 0.717) is 17.8 Å². The van der Waals surface area contributed by atoms with Crippen molar-refractivity contribution in [1.82, 2.24) is 5.32 Å². The second-order valence-corrected chi connectivity index (χ2v) is 8.26. The predicted molar refractivity (Wildman–Crippen MR) is 121 cm³/mol. The molecule has 0 bridgehead atoms. The second-order valence-electron chi connectivity index (χ2n) is 8.26. The lowest BCUT2D eigenvalue weighted by Crippen LogP contribution is -2.43. The van der Waals surface area contributed by atoms with Gasteiger partial charge in [-0.05, 0) is 75.9 Å². The molecule has 4 N–H and O–H groups in total. The summed E-state index contributed by atoms with van der Waals surface area (Å²) >= 11 is 0. The van der Waals surface area contributed by atoms with Gasteiger partial charge in [0.1, 0.15) is 0 Å². The highest BCUT2D eigenvalue weighted by Gasteiger charge is 2.25. The first kappa shape index (κ1) is 22.6. The van der Waals surface area contributed by atoms with Crippen LogP contribution in [0, 0.1) is 6.92 Å². The molecule has 0 atom stereocenters. The molecular weight excluding hydrogens is 388 g/mol. The van der Waals surface area contributed by atoms with Crippen LogP contribution in [0.1, 0.15) is 48.7 Å². The Morgan fingerprint density at radius 2 is 1.86 bits per heavy atom. The van der Waals surface area contributed by atoms with Gasteiger partial charge in [-0.3, -0.25) is 4.79 Å². The Morgan fingerprint density at radius 3 is 2.55 bits per heavy atom. The number of aryl methyl sites for hydroxylation is 1. The van der Waals surface area contributed by atoms with Crippen LogP contribution in [0.3, 0.4) is 0 Å². The maximum atomic E-state index is 13.2. The lowest BCUT2D eigenvalue weighted by atomic mass is 9.98. The summed E-state index contributed by atoms with van der Waals surface area (Å²) in [5, 5.41) is 5.72. The highest BCUT2D eigenvalue weighted by molar-refractivity contribution is 6.08. The first-order chi connectivity index (χ1) is 13.2. The third-order valence-corrected chi connectivity index (χ3v) is 4.75. The molecule has 0 saturated carbocycles. The molecule has 3 rings (SSSR count). The monoisotopic (exact) mass is 416 g/mol. The smallest absolute Gasteiger partial charge is 0.319 e. The van der Waals surface area contributed by atoms with Crippen LogP contribution < -0.4 is 21.3 Å². The van der Waals surface area contributed by atoms with Crippen molar-refractivity contribution in [1.29, 1.82) is 0 Å². The van der Waals surface area contributed by atoms with Crippen LogP contribution >= 0.6 is 12.4 Å².